The maximum absolute atomic E-state index is 13.3. The first-order valence-electron chi connectivity index (χ1n) is 9.60. The van der Waals surface area contributed by atoms with E-state index in [1.807, 2.05) is 12.1 Å². The molecule has 1 amide bonds. The molecule has 5 nitrogen and oxygen atoms in total. The third kappa shape index (κ3) is 4.27. The summed E-state index contributed by atoms with van der Waals surface area (Å²) in [6.45, 7) is 1.76. The molecule has 2 aromatic carbocycles. The molecule has 0 atom stereocenters. The molecule has 1 aliphatic rings. The Morgan fingerprint density at radius 3 is 2.60 bits per heavy atom. The number of esters is 1. The van der Waals surface area contributed by atoms with Gasteiger partial charge in [0.15, 0.2) is 0 Å². The number of anilines is 1. The van der Waals surface area contributed by atoms with Crippen molar-refractivity contribution in [1.29, 1.82) is 0 Å². The van der Waals surface area contributed by atoms with Crippen LogP contribution in [0.2, 0.25) is 0 Å². The second-order valence-electron chi connectivity index (χ2n) is 7.13. The molecule has 30 heavy (non-hydrogen) atoms. The number of halogens is 1. The maximum Gasteiger partial charge on any atom is 0.341 e. The lowest BCUT2D eigenvalue weighted by molar-refractivity contribution is -0.117. The third-order valence-electron chi connectivity index (χ3n) is 5.17. The number of hydrogen-bond acceptors (Lipinski definition) is 5. The summed E-state index contributed by atoms with van der Waals surface area (Å²) in [5.74, 6) is -1.09. The van der Waals surface area contributed by atoms with Crippen LogP contribution in [0.5, 0.6) is 0 Å². The number of thiophene rings is 1. The van der Waals surface area contributed by atoms with E-state index in [0.29, 0.717) is 16.1 Å². The number of nitrogens with one attached hydrogen (secondary N) is 1. The van der Waals surface area contributed by atoms with E-state index in [2.05, 4.69) is 22.3 Å². The van der Waals surface area contributed by atoms with Crippen LogP contribution in [0.15, 0.2) is 53.9 Å². The average molecular weight is 424 g/mol. The highest BCUT2D eigenvalue weighted by Crippen LogP contribution is 2.36. The molecule has 0 unspecified atom stereocenters. The number of ether oxygens (including phenoxy) is 1. The zero-order chi connectivity index (χ0) is 21.1. The molecular formula is C23H21FN2O3S. The van der Waals surface area contributed by atoms with Crippen LogP contribution in [0.25, 0.3) is 11.1 Å². The van der Waals surface area contributed by atoms with Crippen molar-refractivity contribution >= 4 is 28.2 Å². The molecule has 0 fully saturated rings. The number of fused-ring (bicyclic) bond motifs is 1. The van der Waals surface area contributed by atoms with Gasteiger partial charge in [-0.25, -0.2) is 9.18 Å². The van der Waals surface area contributed by atoms with Gasteiger partial charge in [-0.15, -0.1) is 11.3 Å². The van der Waals surface area contributed by atoms with E-state index in [0.717, 1.165) is 19.5 Å². The van der Waals surface area contributed by atoms with Gasteiger partial charge >= 0.3 is 5.97 Å². The van der Waals surface area contributed by atoms with Crippen LogP contribution in [0, 0.1) is 5.82 Å². The van der Waals surface area contributed by atoms with E-state index in [9.17, 15) is 14.0 Å². The number of amides is 1. The minimum atomic E-state index is -0.544. The van der Waals surface area contributed by atoms with Crippen LogP contribution in [-0.4, -0.2) is 37.0 Å². The highest BCUT2D eigenvalue weighted by molar-refractivity contribution is 7.15. The monoisotopic (exact) mass is 424 g/mol. The topological polar surface area (TPSA) is 58.6 Å². The Morgan fingerprint density at radius 2 is 1.87 bits per heavy atom. The highest BCUT2D eigenvalue weighted by atomic mass is 32.1. The van der Waals surface area contributed by atoms with E-state index in [1.165, 1.54) is 41.7 Å². The second-order valence-corrected chi connectivity index (χ2v) is 8.01. The van der Waals surface area contributed by atoms with Gasteiger partial charge in [-0.05, 0) is 35.2 Å². The van der Waals surface area contributed by atoms with Gasteiger partial charge in [-0.3, -0.25) is 9.69 Å². The molecule has 1 aliphatic heterocycles. The molecule has 0 bridgehead atoms. The van der Waals surface area contributed by atoms with Gasteiger partial charge in [0, 0.05) is 24.0 Å². The molecule has 0 saturated carbocycles. The standard InChI is InChI=1S/C23H21FN2O3S/c1-29-23(28)21-19(16-6-8-18(24)9-7-16)14-30-22(21)25-20(27)13-26-11-10-15-4-2-3-5-17(15)12-26/h2-9,14H,10-13H2,1H3,(H,25,27). The average Bonchev–Trinajstić information content (AvgIpc) is 3.17. The molecule has 0 aliphatic carbocycles. The van der Waals surface area contributed by atoms with Crippen LogP contribution in [0.1, 0.15) is 21.5 Å². The Labute approximate surface area is 178 Å². The number of carbonyl (C=O) groups is 2. The van der Waals surface area contributed by atoms with E-state index in [1.54, 1.807) is 17.5 Å². The fraction of sp³-hybridized carbons (Fsp3) is 0.217. The van der Waals surface area contributed by atoms with Crippen molar-refractivity contribution in [2.75, 3.05) is 25.5 Å². The van der Waals surface area contributed by atoms with Crippen molar-refractivity contribution in [2.24, 2.45) is 0 Å². The first kappa shape index (κ1) is 20.3. The number of benzene rings is 2. The molecule has 0 spiro atoms. The molecule has 4 rings (SSSR count). The van der Waals surface area contributed by atoms with E-state index < -0.39 is 5.97 Å². The summed E-state index contributed by atoms with van der Waals surface area (Å²) in [6, 6.07) is 14.1. The smallest absolute Gasteiger partial charge is 0.341 e. The lowest BCUT2D eigenvalue weighted by Gasteiger charge is -2.28. The molecule has 154 valence electrons. The Morgan fingerprint density at radius 1 is 1.13 bits per heavy atom. The van der Waals surface area contributed by atoms with Gasteiger partial charge in [0.05, 0.1) is 13.7 Å². The van der Waals surface area contributed by atoms with Crippen molar-refractivity contribution in [2.45, 2.75) is 13.0 Å². The van der Waals surface area contributed by atoms with Crippen LogP contribution in [-0.2, 0) is 22.5 Å². The summed E-state index contributed by atoms with van der Waals surface area (Å²) in [7, 11) is 1.30. The van der Waals surface area contributed by atoms with E-state index in [-0.39, 0.29) is 23.8 Å². The van der Waals surface area contributed by atoms with Crippen molar-refractivity contribution in [3.63, 3.8) is 0 Å². The molecule has 7 heteroatoms. The van der Waals surface area contributed by atoms with Gasteiger partial charge in [-0.1, -0.05) is 36.4 Å². The van der Waals surface area contributed by atoms with Gasteiger partial charge < -0.3 is 10.1 Å². The van der Waals surface area contributed by atoms with Gasteiger partial charge in [0.2, 0.25) is 5.91 Å². The molecule has 1 N–H and O–H groups in total. The quantitative estimate of drug-likeness (QED) is 0.619. The predicted molar refractivity (Wildman–Crippen MR) is 115 cm³/mol. The Kier molecular flexibility index (Phi) is 5.92. The van der Waals surface area contributed by atoms with Crippen molar-refractivity contribution in [3.8, 4) is 11.1 Å². The summed E-state index contributed by atoms with van der Waals surface area (Å²) in [5, 5.41) is 5.07. The Balaban J connectivity index is 1.51. The Bertz CT molecular complexity index is 1080. The summed E-state index contributed by atoms with van der Waals surface area (Å²) in [5.41, 5.74) is 4.13. The summed E-state index contributed by atoms with van der Waals surface area (Å²) >= 11 is 1.25. The second kappa shape index (κ2) is 8.77. The first-order valence-corrected chi connectivity index (χ1v) is 10.5. The minimum Gasteiger partial charge on any atom is -0.465 e. The molecule has 2 heterocycles. The zero-order valence-electron chi connectivity index (χ0n) is 16.5. The van der Waals surface area contributed by atoms with Crippen LogP contribution in [0.4, 0.5) is 9.39 Å². The molecular weight excluding hydrogens is 403 g/mol. The fourth-order valence-electron chi connectivity index (χ4n) is 3.65. The third-order valence-corrected chi connectivity index (χ3v) is 6.06. The summed E-state index contributed by atoms with van der Waals surface area (Å²) < 4.78 is 18.2. The molecule has 3 aromatic rings. The minimum absolute atomic E-state index is 0.188. The van der Waals surface area contributed by atoms with Crippen LogP contribution >= 0.6 is 11.3 Å². The maximum atomic E-state index is 13.3. The lowest BCUT2D eigenvalue weighted by Crippen LogP contribution is -2.37. The summed E-state index contributed by atoms with van der Waals surface area (Å²) in [6.07, 6.45) is 0.907. The number of hydrogen-bond donors (Lipinski definition) is 1. The molecule has 0 saturated heterocycles. The SMILES string of the molecule is COC(=O)c1c(-c2ccc(F)cc2)csc1NC(=O)CN1CCc2ccccc2C1. The van der Waals surface area contributed by atoms with Gasteiger partial charge in [-0.2, -0.15) is 0 Å². The van der Waals surface area contributed by atoms with Crippen molar-refractivity contribution in [1.82, 2.24) is 4.90 Å². The number of carbonyl (C=O) groups excluding carboxylic acids is 2. The lowest BCUT2D eigenvalue weighted by atomic mass is 10.00. The van der Waals surface area contributed by atoms with E-state index >= 15 is 0 Å². The summed E-state index contributed by atoms with van der Waals surface area (Å²) in [4.78, 5) is 27.2. The molecule has 0 radical (unpaired) electrons. The highest BCUT2D eigenvalue weighted by Gasteiger charge is 2.24. The van der Waals surface area contributed by atoms with E-state index in [4.69, 9.17) is 4.74 Å². The van der Waals surface area contributed by atoms with Crippen LogP contribution < -0.4 is 5.32 Å². The Hall–Kier alpha value is -3.03. The van der Waals surface area contributed by atoms with Crippen molar-refractivity contribution < 1.29 is 18.7 Å². The largest absolute Gasteiger partial charge is 0.465 e. The number of methoxy groups -OCH3 is 1. The normalized spacial score (nSPS) is 13.5. The number of nitrogens with zero attached hydrogens (tertiary/aromatic N) is 1. The first-order chi connectivity index (χ1) is 14.5. The van der Waals surface area contributed by atoms with Gasteiger partial charge in [0.25, 0.3) is 0 Å². The molecule has 1 aromatic heterocycles. The number of rotatable bonds is 5. The zero-order valence-corrected chi connectivity index (χ0v) is 17.3. The van der Waals surface area contributed by atoms with Gasteiger partial charge in [0.1, 0.15) is 16.4 Å². The van der Waals surface area contributed by atoms with Crippen molar-refractivity contribution in [3.05, 3.63) is 76.4 Å². The predicted octanol–water partition coefficient (Wildman–Crippen LogP) is 4.34. The fourth-order valence-corrected chi connectivity index (χ4v) is 4.63. The van der Waals surface area contributed by atoms with Crippen LogP contribution in [0.3, 0.4) is 0 Å².